The molecule has 0 unspecified atom stereocenters. The van der Waals surface area contributed by atoms with Crippen LogP contribution in [0.25, 0.3) is 0 Å². The molecule has 0 amide bonds. The van der Waals surface area contributed by atoms with E-state index in [1.54, 1.807) is 0 Å². The molecular formula is C10H16F4O4. The van der Waals surface area contributed by atoms with Gasteiger partial charge in [-0.2, -0.15) is 13.2 Å². The van der Waals surface area contributed by atoms with Gasteiger partial charge in [-0.15, -0.1) is 0 Å². The number of rotatable bonds is 0. The predicted molar refractivity (Wildman–Crippen MR) is 54.2 cm³/mol. The first-order chi connectivity index (χ1) is 8.43. The van der Waals surface area contributed by atoms with E-state index in [1.807, 2.05) is 0 Å². The first-order valence-corrected chi connectivity index (χ1v) is 5.26. The van der Waals surface area contributed by atoms with Crippen molar-refractivity contribution in [3.63, 3.8) is 0 Å². The van der Waals surface area contributed by atoms with Crippen LogP contribution in [0.2, 0.25) is 0 Å². The number of hydrogen-bond donors (Lipinski definition) is 0. The van der Waals surface area contributed by atoms with Gasteiger partial charge < -0.3 is 18.9 Å². The smallest absolute Gasteiger partial charge is 0.350 e. The van der Waals surface area contributed by atoms with Crippen molar-refractivity contribution >= 4 is 0 Å². The molecule has 18 heavy (non-hydrogen) atoms. The molecule has 0 aromatic rings. The van der Waals surface area contributed by atoms with Crippen LogP contribution in [0, 0.1) is 0 Å². The molecule has 8 heteroatoms. The molecule has 0 atom stereocenters. The van der Waals surface area contributed by atoms with Crippen molar-refractivity contribution in [1.82, 2.24) is 0 Å². The molecule has 2 heterocycles. The van der Waals surface area contributed by atoms with E-state index < -0.39 is 18.1 Å². The van der Waals surface area contributed by atoms with Gasteiger partial charge >= 0.3 is 18.1 Å². The third-order valence-corrected chi connectivity index (χ3v) is 1.51. The van der Waals surface area contributed by atoms with Crippen molar-refractivity contribution in [2.75, 3.05) is 33.1 Å². The molecule has 0 spiro atoms. The van der Waals surface area contributed by atoms with Crippen LogP contribution in [0.5, 0.6) is 0 Å². The highest BCUT2D eigenvalue weighted by Crippen LogP contribution is 2.18. The second kappa shape index (κ2) is 8.98. The monoisotopic (exact) mass is 276 g/mol. The van der Waals surface area contributed by atoms with Gasteiger partial charge in [0.1, 0.15) is 13.2 Å². The molecule has 2 rings (SSSR count). The van der Waals surface area contributed by atoms with E-state index in [2.05, 4.69) is 18.9 Å². The Balaban J connectivity index is 0.000000267. The molecule has 2 saturated heterocycles. The molecule has 2 fully saturated rings. The lowest BCUT2D eigenvalue weighted by Crippen LogP contribution is -2.16. The van der Waals surface area contributed by atoms with E-state index in [-0.39, 0.29) is 19.9 Å². The first-order valence-electron chi connectivity index (χ1n) is 5.26. The van der Waals surface area contributed by atoms with Crippen LogP contribution in [0.3, 0.4) is 0 Å². The van der Waals surface area contributed by atoms with E-state index in [1.165, 1.54) is 13.8 Å². The van der Waals surface area contributed by atoms with Gasteiger partial charge in [-0.05, 0) is 6.92 Å². The van der Waals surface area contributed by atoms with Crippen molar-refractivity contribution in [1.29, 1.82) is 0 Å². The fraction of sp³-hybridized carbons (Fsp3) is 0.800. The number of alkyl halides is 2. The number of halogens is 4. The molecular weight excluding hydrogens is 260 g/mol. The summed E-state index contributed by atoms with van der Waals surface area (Å²) < 4.78 is 62.7. The van der Waals surface area contributed by atoms with Crippen LogP contribution >= 0.6 is 0 Å². The van der Waals surface area contributed by atoms with Crippen molar-refractivity contribution < 1.29 is 36.5 Å². The highest BCUT2D eigenvalue weighted by molar-refractivity contribution is 4.85. The van der Waals surface area contributed by atoms with Crippen LogP contribution in [0.15, 0.2) is 12.0 Å². The summed E-state index contributed by atoms with van der Waals surface area (Å²) in [5.41, 5.74) is 0. The molecule has 0 N–H and O–H groups in total. The van der Waals surface area contributed by atoms with Crippen LogP contribution in [0.1, 0.15) is 13.8 Å². The molecule has 0 radical (unpaired) electrons. The highest BCUT2D eigenvalue weighted by atomic mass is 19.3. The third kappa shape index (κ3) is 8.13. The van der Waals surface area contributed by atoms with Crippen LogP contribution in [-0.2, 0) is 18.9 Å². The normalized spacial score (nSPS) is 19.8. The molecule has 2 aliphatic heterocycles. The predicted octanol–water partition coefficient (Wildman–Crippen LogP) is 2.75. The molecule has 0 aromatic heterocycles. The summed E-state index contributed by atoms with van der Waals surface area (Å²) in [6.07, 6.45) is -1.89. The van der Waals surface area contributed by atoms with E-state index in [0.29, 0.717) is 13.2 Å². The molecule has 0 aliphatic carbocycles. The Kier molecular flexibility index (Phi) is 8.47. The van der Waals surface area contributed by atoms with E-state index in [4.69, 9.17) is 0 Å². The molecule has 4 nitrogen and oxygen atoms in total. The summed E-state index contributed by atoms with van der Waals surface area (Å²) in [5, 5.41) is 0. The minimum Gasteiger partial charge on any atom is -0.458 e. The van der Waals surface area contributed by atoms with Crippen LogP contribution in [-0.4, -0.2) is 39.1 Å². The minimum atomic E-state index is -1.89. The second-order valence-electron chi connectivity index (χ2n) is 3.04. The minimum absolute atomic E-state index is 0.229. The molecule has 0 saturated carbocycles. The van der Waals surface area contributed by atoms with E-state index in [0.717, 1.165) is 0 Å². The van der Waals surface area contributed by atoms with Crippen LogP contribution in [0.4, 0.5) is 17.6 Å². The van der Waals surface area contributed by atoms with Gasteiger partial charge in [-0.1, -0.05) is 0 Å². The summed E-state index contributed by atoms with van der Waals surface area (Å²) in [6.45, 7) is 3.65. The van der Waals surface area contributed by atoms with Crippen molar-refractivity contribution in [2.24, 2.45) is 0 Å². The maximum Gasteiger partial charge on any atom is 0.350 e. The van der Waals surface area contributed by atoms with Gasteiger partial charge in [0, 0.05) is 6.92 Å². The maximum atomic E-state index is 12.2. The zero-order valence-electron chi connectivity index (χ0n) is 10.2. The van der Waals surface area contributed by atoms with Crippen molar-refractivity contribution in [3.05, 3.63) is 12.0 Å². The number of ether oxygens (including phenoxy) is 4. The lowest BCUT2D eigenvalue weighted by molar-refractivity contribution is -0.238. The zero-order valence-corrected chi connectivity index (χ0v) is 10.2. The molecule has 0 bridgehead atoms. The van der Waals surface area contributed by atoms with E-state index in [9.17, 15) is 17.6 Å². The fourth-order valence-corrected chi connectivity index (χ4v) is 0.909. The molecule has 2 aliphatic rings. The van der Waals surface area contributed by atoms with Crippen LogP contribution < -0.4 is 0 Å². The van der Waals surface area contributed by atoms with Gasteiger partial charge in [-0.3, -0.25) is 4.39 Å². The van der Waals surface area contributed by atoms with Gasteiger partial charge in [0.2, 0.25) is 0 Å². The zero-order chi connectivity index (χ0) is 14.0. The van der Waals surface area contributed by atoms with Gasteiger partial charge in [0.05, 0.1) is 19.9 Å². The summed E-state index contributed by atoms with van der Waals surface area (Å²) in [6, 6.07) is -1.81. The topological polar surface area (TPSA) is 36.9 Å². The highest BCUT2D eigenvalue weighted by Gasteiger charge is 2.29. The quantitative estimate of drug-likeness (QED) is 0.637. The Morgan fingerprint density at radius 3 is 1.67 bits per heavy atom. The Labute approximate surface area is 102 Å². The summed E-state index contributed by atoms with van der Waals surface area (Å²) >= 11 is 0. The first kappa shape index (κ1) is 17.0. The molecule has 0 aromatic carbocycles. The van der Waals surface area contributed by atoms with E-state index >= 15 is 0 Å². The Hall–Kier alpha value is -1.02. The number of hydrogen-bond acceptors (Lipinski definition) is 4. The lowest BCUT2D eigenvalue weighted by Gasteiger charge is -2.08. The summed E-state index contributed by atoms with van der Waals surface area (Å²) in [7, 11) is 0. The Morgan fingerprint density at radius 1 is 1.11 bits per heavy atom. The SMILES string of the molecule is CC1(F)OCCO1.CCF.FC(F)=C1OCCO1. The summed E-state index contributed by atoms with van der Waals surface area (Å²) in [5.74, 6) is -0.620. The lowest BCUT2D eigenvalue weighted by atomic mass is 10.7. The second-order valence-corrected chi connectivity index (χ2v) is 3.04. The van der Waals surface area contributed by atoms with Gasteiger partial charge in [0.25, 0.3) is 0 Å². The van der Waals surface area contributed by atoms with Gasteiger partial charge in [0.15, 0.2) is 0 Å². The Bertz CT molecular complexity index is 238. The van der Waals surface area contributed by atoms with Crippen molar-refractivity contribution in [2.45, 2.75) is 19.9 Å². The third-order valence-electron chi connectivity index (χ3n) is 1.51. The average molecular weight is 276 g/mol. The van der Waals surface area contributed by atoms with Crippen molar-refractivity contribution in [3.8, 4) is 0 Å². The standard InChI is InChI=1S/C4H4F2O2.C4H7FO2.C2H5F/c5-3(6)4-7-1-2-8-4;1-4(5)6-2-3-7-4;1-2-3/h1-2H2;2-3H2,1H3;2H2,1H3. The average Bonchev–Trinajstić information content (AvgIpc) is 2.90. The largest absolute Gasteiger partial charge is 0.458 e. The van der Waals surface area contributed by atoms with Gasteiger partial charge in [-0.25, -0.2) is 0 Å². The summed E-state index contributed by atoms with van der Waals surface area (Å²) in [4.78, 5) is 0. The fourth-order valence-electron chi connectivity index (χ4n) is 0.909. The molecule has 108 valence electrons. The Morgan fingerprint density at radius 2 is 1.50 bits per heavy atom. The maximum absolute atomic E-state index is 12.2.